The molecule has 0 atom stereocenters. The number of hydrogen-bond acceptors (Lipinski definition) is 3. The molecule has 0 radical (unpaired) electrons. The summed E-state index contributed by atoms with van der Waals surface area (Å²) in [5, 5.41) is 2.40. The minimum absolute atomic E-state index is 0.0844. The zero-order chi connectivity index (χ0) is 14.8. The number of hydrogen-bond donors (Lipinski definition) is 1. The van der Waals surface area contributed by atoms with Gasteiger partial charge in [-0.3, -0.25) is 4.79 Å². The highest BCUT2D eigenvalue weighted by Gasteiger charge is 2.18. The van der Waals surface area contributed by atoms with Crippen LogP contribution in [0.15, 0.2) is 53.4 Å². The third-order valence-electron chi connectivity index (χ3n) is 2.48. The average Bonchev–Trinajstić information content (AvgIpc) is 2.38. The van der Waals surface area contributed by atoms with Gasteiger partial charge in [0.05, 0.1) is 5.69 Å². The molecule has 0 unspecified atom stereocenters. The molecule has 2 rings (SSSR count). The second-order valence-corrected chi connectivity index (χ2v) is 6.46. The zero-order valence-corrected chi connectivity index (χ0v) is 13.0. The Kier molecular flexibility index (Phi) is 4.39. The summed E-state index contributed by atoms with van der Waals surface area (Å²) in [7, 11) is -4.89. The molecule has 0 heterocycles. The molecule has 0 aliphatic carbocycles. The standard InChI is InChI=1S/C13H9FINO3S/c14-20(18,19)12-7-2-1-6-11(12)16-13(17)9-4-3-5-10(15)8-9/h1-8H,(H,16,17). The first-order chi connectivity index (χ1) is 9.38. The maximum absolute atomic E-state index is 13.1. The van der Waals surface area contributed by atoms with Gasteiger partial charge in [-0.15, -0.1) is 3.89 Å². The summed E-state index contributed by atoms with van der Waals surface area (Å²) in [6.07, 6.45) is 0. The molecule has 0 aliphatic rings. The first-order valence-electron chi connectivity index (χ1n) is 5.48. The van der Waals surface area contributed by atoms with Gasteiger partial charge in [-0.2, -0.15) is 8.42 Å². The van der Waals surface area contributed by atoms with Crippen LogP contribution in [0, 0.1) is 3.57 Å². The smallest absolute Gasteiger partial charge is 0.321 e. The van der Waals surface area contributed by atoms with Gasteiger partial charge in [0.2, 0.25) is 0 Å². The highest BCUT2D eigenvalue weighted by atomic mass is 127. The number of anilines is 1. The third-order valence-corrected chi connectivity index (χ3v) is 4.04. The van der Waals surface area contributed by atoms with Crippen molar-refractivity contribution in [3.05, 3.63) is 57.7 Å². The summed E-state index contributed by atoms with van der Waals surface area (Å²) in [4.78, 5) is 11.5. The summed E-state index contributed by atoms with van der Waals surface area (Å²) in [5.41, 5.74) is 0.279. The lowest BCUT2D eigenvalue weighted by Gasteiger charge is -2.08. The van der Waals surface area contributed by atoms with Crippen LogP contribution in [-0.4, -0.2) is 14.3 Å². The molecule has 7 heteroatoms. The van der Waals surface area contributed by atoms with Gasteiger partial charge in [-0.1, -0.05) is 18.2 Å². The number of carbonyl (C=O) groups is 1. The molecule has 104 valence electrons. The summed E-state index contributed by atoms with van der Waals surface area (Å²) in [6, 6.07) is 12.1. The SMILES string of the molecule is O=C(Nc1ccccc1S(=O)(=O)F)c1cccc(I)c1. The van der Waals surface area contributed by atoms with Crippen LogP contribution in [-0.2, 0) is 10.2 Å². The van der Waals surface area contributed by atoms with Crippen LogP contribution < -0.4 is 5.32 Å². The largest absolute Gasteiger partial charge is 0.334 e. The molecule has 0 saturated carbocycles. The quantitative estimate of drug-likeness (QED) is 0.630. The molecular weight excluding hydrogens is 396 g/mol. The Morgan fingerprint density at radius 3 is 2.45 bits per heavy atom. The van der Waals surface area contributed by atoms with E-state index in [1.54, 1.807) is 18.2 Å². The molecule has 1 amide bonds. The van der Waals surface area contributed by atoms with Crippen LogP contribution >= 0.6 is 22.6 Å². The van der Waals surface area contributed by atoms with Crippen molar-refractivity contribution in [1.82, 2.24) is 0 Å². The number of halogens is 2. The Hall–Kier alpha value is -1.48. The maximum atomic E-state index is 13.1. The van der Waals surface area contributed by atoms with E-state index in [9.17, 15) is 17.1 Å². The van der Waals surface area contributed by atoms with E-state index in [0.29, 0.717) is 5.56 Å². The normalized spacial score (nSPS) is 11.1. The van der Waals surface area contributed by atoms with E-state index in [4.69, 9.17) is 0 Å². The lowest BCUT2D eigenvalue weighted by atomic mass is 10.2. The van der Waals surface area contributed by atoms with Gasteiger partial charge in [0.15, 0.2) is 0 Å². The van der Waals surface area contributed by atoms with E-state index >= 15 is 0 Å². The fraction of sp³-hybridized carbons (Fsp3) is 0. The first-order valence-corrected chi connectivity index (χ1v) is 7.95. The van der Waals surface area contributed by atoms with Gasteiger partial charge in [0.25, 0.3) is 5.91 Å². The van der Waals surface area contributed by atoms with E-state index in [1.165, 1.54) is 18.2 Å². The van der Waals surface area contributed by atoms with Crippen LogP contribution in [0.5, 0.6) is 0 Å². The van der Waals surface area contributed by atoms with Gasteiger partial charge in [0, 0.05) is 9.13 Å². The Balaban J connectivity index is 2.34. The Morgan fingerprint density at radius 2 is 1.80 bits per heavy atom. The summed E-state index contributed by atoms with van der Waals surface area (Å²) in [5.74, 6) is -0.500. The van der Waals surface area contributed by atoms with Gasteiger partial charge >= 0.3 is 10.2 Å². The van der Waals surface area contributed by atoms with Crippen molar-refractivity contribution in [1.29, 1.82) is 0 Å². The molecular formula is C13H9FINO3S. The predicted molar refractivity (Wildman–Crippen MR) is 81.8 cm³/mol. The number of para-hydroxylation sites is 1. The second-order valence-electron chi connectivity index (χ2n) is 3.90. The van der Waals surface area contributed by atoms with E-state index in [-0.39, 0.29) is 5.69 Å². The molecule has 0 bridgehead atoms. The van der Waals surface area contributed by atoms with E-state index < -0.39 is 21.0 Å². The van der Waals surface area contributed by atoms with E-state index in [0.717, 1.165) is 9.64 Å². The zero-order valence-electron chi connectivity index (χ0n) is 10.0. The maximum Gasteiger partial charge on any atom is 0.334 e. The Morgan fingerprint density at radius 1 is 1.10 bits per heavy atom. The fourth-order valence-corrected chi connectivity index (χ4v) is 2.77. The third kappa shape index (κ3) is 3.54. The summed E-state index contributed by atoms with van der Waals surface area (Å²) < 4.78 is 36.0. The minimum atomic E-state index is -4.89. The molecule has 0 saturated heterocycles. The fourth-order valence-electron chi connectivity index (χ4n) is 1.61. The van der Waals surface area contributed by atoms with Crippen LogP contribution in [0.4, 0.5) is 9.57 Å². The molecule has 2 aromatic rings. The van der Waals surface area contributed by atoms with Crippen molar-refractivity contribution in [2.45, 2.75) is 4.90 Å². The van der Waals surface area contributed by atoms with E-state index in [1.807, 2.05) is 6.07 Å². The molecule has 0 fully saturated rings. The van der Waals surface area contributed by atoms with Gasteiger partial charge < -0.3 is 5.32 Å². The van der Waals surface area contributed by atoms with Crippen LogP contribution in [0.1, 0.15) is 10.4 Å². The predicted octanol–water partition coefficient (Wildman–Crippen LogP) is 3.20. The van der Waals surface area contributed by atoms with Crippen molar-refractivity contribution in [3.63, 3.8) is 0 Å². The molecule has 4 nitrogen and oxygen atoms in total. The first kappa shape index (κ1) is 14.9. The summed E-state index contributed by atoms with van der Waals surface area (Å²) >= 11 is 2.05. The van der Waals surface area contributed by atoms with Gasteiger partial charge in [0.1, 0.15) is 4.90 Å². The lowest BCUT2D eigenvalue weighted by molar-refractivity contribution is 0.102. The van der Waals surface area contributed by atoms with Gasteiger partial charge in [-0.25, -0.2) is 0 Å². The van der Waals surface area contributed by atoms with Gasteiger partial charge in [-0.05, 0) is 52.9 Å². The van der Waals surface area contributed by atoms with Crippen LogP contribution in [0.2, 0.25) is 0 Å². The molecule has 0 spiro atoms. The average molecular weight is 405 g/mol. The topological polar surface area (TPSA) is 63.2 Å². The molecule has 0 aliphatic heterocycles. The molecule has 1 N–H and O–H groups in total. The number of nitrogens with one attached hydrogen (secondary N) is 1. The highest BCUT2D eigenvalue weighted by molar-refractivity contribution is 14.1. The molecule has 0 aromatic heterocycles. The van der Waals surface area contributed by atoms with Crippen molar-refractivity contribution < 1.29 is 17.1 Å². The number of carbonyl (C=O) groups excluding carboxylic acids is 1. The van der Waals surface area contributed by atoms with Crippen LogP contribution in [0.25, 0.3) is 0 Å². The highest BCUT2D eigenvalue weighted by Crippen LogP contribution is 2.23. The van der Waals surface area contributed by atoms with Crippen molar-refractivity contribution in [3.8, 4) is 0 Å². The monoisotopic (exact) mass is 405 g/mol. The van der Waals surface area contributed by atoms with E-state index in [2.05, 4.69) is 27.9 Å². The van der Waals surface area contributed by atoms with Crippen LogP contribution in [0.3, 0.4) is 0 Å². The molecule has 2 aromatic carbocycles. The van der Waals surface area contributed by atoms with Crippen molar-refractivity contribution in [2.75, 3.05) is 5.32 Å². The molecule has 20 heavy (non-hydrogen) atoms. The van der Waals surface area contributed by atoms with Crippen molar-refractivity contribution in [2.24, 2.45) is 0 Å². The second kappa shape index (κ2) is 5.88. The Labute approximate surface area is 129 Å². The number of benzene rings is 2. The minimum Gasteiger partial charge on any atom is -0.321 e. The Bertz CT molecular complexity index is 762. The summed E-state index contributed by atoms with van der Waals surface area (Å²) in [6.45, 7) is 0. The number of amides is 1. The van der Waals surface area contributed by atoms with Crippen molar-refractivity contribution >= 4 is 44.4 Å². The lowest BCUT2D eigenvalue weighted by Crippen LogP contribution is -2.14. The number of rotatable bonds is 3.